The highest BCUT2D eigenvalue weighted by Gasteiger charge is 2.30. The summed E-state index contributed by atoms with van der Waals surface area (Å²) < 4.78 is 0. The number of rotatable bonds is 4. The van der Waals surface area contributed by atoms with Crippen LogP contribution in [0.15, 0.2) is 54.7 Å². The Morgan fingerprint density at radius 2 is 1.73 bits per heavy atom. The predicted octanol–water partition coefficient (Wildman–Crippen LogP) is 4.32. The van der Waals surface area contributed by atoms with Crippen molar-refractivity contribution in [3.63, 3.8) is 0 Å². The van der Waals surface area contributed by atoms with Crippen LogP contribution in [0, 0.1) is 0 Å². The number of hydrogen-bond acceptors (Lipinski definition) is 2. The average molecular weight is 292 g/mol. The highest BCUT2D eigenvalue weighted by atomic mass is 15.1. The van der Waals surface area contributed by atoms with Gasteiger partial charge < -0.3 is 4.90 Å². The minimum atomic E-state index is 0.321. The van der Waals surface area contributed by atoms with E-state index in [0.717, 1.165) is 5.69 Å². The molecule has 0 bridgehead atoms. The lowest BCUT2D eigenvalue weighted by molar-refractivity contribution is 0.294. The molecular weight excluding hydrogens is 268 g/mol. The van der Waals surface area contributed by atoms with E-state index in [4.69, 9.17) is 0 Å². The smallest absolute Gasteiger partial charge is 0.0475 e. The zero-order valence-corrected chi connectivity index (χ0v) is 13.8. The van der Waals surface area contributed by atoms with Gasteiger partial charge in [0.25, 0.3) is 0 Å². The number of aromatic nitrogens is 1. The van der Waals surface area contributed by atoms with Crippen molar-refractivity contribution in [3.8, 4) is 0 Å². The molecule has 0 spiro atoms. The summed E-state index contributed by atoms with van der Waals surface area (Å²) in [6, 6.07) is 15.5. The van der Waals surface area contributed by atoms with Crippen LogP contribution in [0.25, 0.3) is 5.57 Å². The van der Waals surface area contributed by atoms with Crippen LogP contribution in [0.5, 0.6) is 0 Å². The number of allylic oxidation sites excluding steroid dienone is 1. The van der Waals surface area contributed by atoms with Crippen LogP contribution in [-0.4, -0.2) is 30.0 Å². The summed E-state index contributed by atoms with van der Waals surface area (Å²) in [6.07, 6.45) is 4.34. The van der Waals surface area contributed by atoms with E-state index in [2.05, 4.69) is 80.3 Å². The van der Waals surface area contributed by atoms with Crippen molar-refractivity contribution < 1.29 is 0 Å². The van der Waals surface area contributed by atoms with Gasteiger partial charge in [-0.1, -0.05) is 43.3 Å². The van der Waals surface area contributed by atoms with Crippen molar-refractivity contribution in [2.45, 2.75) is 31.7 Å². The molecule has 0 saturated heterocycles. The number of nitrogens with zero attached hydrogens (tertiary/aromatic N) is 2. The van der Waals surface area contributed by atoms with Crippen LogP contribution in [-0.2, 0) is 0 Å². The molecule has 1 aliphatic carbocycles. The molecule has 1 aromatic heterocycles. The first-order valence-electron chi connectivity index (χ1n) is 7.98. The number of likely N-dealkylation sites (N-methyl/N-ethyl adjacent to an activating group) is 1. The van der Waals surface area contributed by atoms with Gasteiger partial charge in [-0.15, -0.1) is 0 Å². The van der Waals surface area contributed by atoms with E-state index in [9.17, 15) is 0 Å². The molecule has 114 valence electrons. The fourth-order valence-electron chi connectivity index (χ4n) is 3.31. The molecule has 0 radical (unpaired) electrons. The van der Waals surface area contributed by atoms with E-state index in [1.54, 1.807) is 0 Å². The van der Waals surface area contributed by atoms with Gasteiger partial charge in [0.2, 0.25) is 0 Å². The topological polar surface area (TPSA) is 16.1 Å². The first kappa shape index (κ1) is 15.0. The lowest BCUT2D eigenvalue weighted by atomic mass is 9.92. The van der Waals surface area contributed by atoms with Gasteiger partial charge in [0.15, 0.2) is 0 Å². The van der Waals surface area contributed by atoms with Crippen molar-refractivity contribution >= 4 is 5.57 Å². The van der Waals surface area contributed by atoms with E-state index in [1.807, 2.05) is 12.3 Å². The summed E-state index contributed by atoms with van der Waals surface area (Å²) in [5.41, 5.74) is 5.38. The summed E-state index contributed by atoms with van der Waals surface area (Å²) in [5, 5.41) is 0. The Kier molecular flexibility index (Phi) is 4.12. The molecule has 0 fully saturated rings. The standard InChI is InChI=1S/C20H24N2/c1-14(20-11-7-8-12-21-20)18-13-19(15(2)22(3)4)17-10-6-5-9-16(17)18/h5-15,19H,1-4H3. The van der Waals surface area contributed by atoms with E-state index < -0.39 is 0 Å². The molecule has 2 nitrogen and oxygen atoms in total. The maximum atomic E-state index is 4.55. The fraction of sp³-hybridized carbons (Fsp3) is 0.350. The Hall–Kier alpha value is -1.93. The second kappa shape index (κ2) is 6.05. The third-order valence-corrected chi connectivity index (χ3v) is 4.92. The number of pyridine rings is 1. The van der Waals surface area contributed by atoms with Crippen LogP contribution >= 0.6 is 0 Å². The Balaban J connectivity index is 2.02. The number of benzene rings is 1. The maximum absolute atomic E-state index is 4.55. The van der Waals surface area contributed by atoms with Crippen LogP contribution in [0.1, 0.15) is 42.5 Å². The summed E-state index contributed by atoms with van der Waals surface area (Å²) >= 11 is 0. The lowest BCUT2D eigenvalue weighted by Gasteiger charge is -2.26. The van der Waals surface area contributed by atoms with Gasteiger partial charge in [-0.25, -0.2) is 0 Å². The summed E-state index contributed by atoms with van der Waals surface area (Å²) in [4.78, 5) is 6.85. The van der Waals surface area contributed by atoms with E-state index in [1.165, 1.54) is 16.7 Å². The third kappa shape index (κ3) is 2.59. The Morgan fingerprint density at radius 3 is 2.41 bits per heavy atom. The quantitative estimate of drug-likeness (QED) is 0.834. The Morgan fingerprint density at radius 1 is 1.00 bits per heavy atom. The second-order valence-corrected chi connectivity index (χ2v) is 6.42. The first-order valence-corrected chi connectivity index (χ1v) is 7.98. The van der Waals surface area contributed by atoms with Gasteiger partial charge in [-0.05, 0) is 49.9 Å². The van der Waals surface area contributed by atoms with Gasteiger partial charge in [0.1, 0.15) is 0 Å². The van der Waals surface area contributed by atoms with Crippen LogP contribution in [0.4, 0.5) is 0 Å². The molecule has 0 amide bonds. The number of hydrogen-bond donors (Lipinski definition) is 0. The highest BCUT2D eigenvalue weighted by Crippen LogP contribution is 2.44. The van der Waals surface area contributed by atoms with Crippen LogP contribution in [0.3, 0.4) is 0 Å². The molecule has 1 heterocycles. The molecule has 0 saturated carbocycles. The van der Waals surface area contributed by atoms with Crippen molar-refractivity contribution in [3.05, 3.63) is 71.6 Å². The normalized spacial score (nSPS) is 19.7. The Labute approximate surface area is 133 Å². The van der Waals surface area contributed by atoms with Gasteiger partial charge in [0.05, 0.1) is 0 Å². The number of fused-ring (bicyclic) bond motifs is 1. The molecule has 3 atom stereocenters. The molecule has 22 heavy (non-hydrogen) atoms. The molecule has 2 aromatic rings. The average Bonchev–Trinajstić information content (AvgIpc) is 2.93. The van der Waals surface area contributed by atoms with Gasteiger partial charge in [-0.3, -0.25) is 4.98 Å². The van der Waals surface area contributed by atoms with Crippen molar-refractivity contribution in [1.82, 2.24) is 9.88 Å². The molecule has 1 aliphatic rings. The van der Waals surface area contributed by atoms with E-state index in [0.29, 0.717) is 17.9 Å². The van der Waals surface area contributed by atoms with Crippen LogP contribution < -0.4 is 0 Å². The molecule has 3 rings (SSSR count). The van der Waals surface area contributed by atoms with Gasteiger partial charge in [-0.2, -0.15) is 0 Å². The maximum Gasteiger partial charge on any atom is 0.0475 e. The fourth-order valence-corrected chi connectivity index (χ4v) is 3.31. The molecule has 0 N–H and O–H groups in total. The largest absolute Gasteiger partial charge is 0.306 e. The zero-order valence-electron chi connectivity index (χ0n) is 13.8. The minimum absolute atomic E-state index is 0.321. The first-order chi connectivity index (χ1) is 10.6. The lowest BCUT2D eigenvalue weighted by Crippen LogP contribution is -2.29. The summed E-state index contributed by atoms with van der Waals surface area (Å²) in [6.45, 7) is 4.56. The van der Waals surface area contributed by atoms with Crippen molar-refractivity contribution in [2.75, 3.05) is 14.1 Å². The molecular formula is C20H24N2. The van der Waals surface area contributed by atoms with Crippen LogP contribution in [0.2, 0.25) is 0 Å². The molecule has 3 unspecified atom stereocenters. The van der Waals surface area contributed by atoms with Crippen molar-refractivity contribution in [1.29, 1.82) is 0 Å². The van der Waals surface area contributed by atoms with E-state index in [-0.39, 0.29) is 0 Å². The predicted molar refractivity (Wildman–Crippen MR) is 93.0 cm³/mol. The zero-order chi connectivity index (χ0) is 15.7. The SMILES string of the molecule is CC(C1=CC(C(C)N(C)C)c2ccccc21)c1ccccn1. The Bertz CT molecular complexity index is 673. The highest BCUT2D eigenvalue weighted by molar-refractivity contribution is 5.78. The van der Waals surface area contributed by atoms with Crippen molar-refractivity contribution in [2.24, 2.45) is 0 Å². The third-order valence-electron chi connectivity index (χ3n) is 4.92. The minimum Gasteiger partial charge on any atom is -0.306 e. The summed E-state index contributed by atoms with van der Waals surface area (Å²) in [7, 11) is 4.31. The van der Waals surface area contributed by atoms with E-state index >= 15 is 0 Å². The monoisotopic (exact) mass is 292 g/mol. The summed E-state index contributed by atoms with van der Waals surface area (Å²) in [5.74, 6) is 0.772. The second-order valence-electron chi connectivity index (χ2n) is 6.42. The molecule has 2 heteroatoms. The molecule has 1 aromatic carbocycles. The molecule has 0 aliphatic heterocycles. The van der Waals surface area contributed by atoms with Gasteiger partial charge >= 0.3 is 0 Å². The van der Waals surface area contributed by atoms with Gasteiger partial charge in [0, 0.05) is 29.8 Å².